The molecule has 1 atom stereocenters. The molecule has 0 radical (unpaired) electrons. The van der Waals surface area contributed by atoms with Gasteiger partial charge in [0, 0.05) is 11.6 Å². The Labute approximate surface area is 308 Å². The van der Waals surface area contributed by atoms with Gasteiger partial charge in [0.05, 0.1) is 13.0 Å². The van der Waals surface area contributed by atoms with Crippen molar-refractivity contribution in [2.24, 2.45) is 0 Å². The van der Waals surface area contributed by atoms with Crippen molar-refractivity contribution in [1.29, 1.82) is 0 Å². The fraction of sp³-hybridized carbons (Fsp3) is 0.133. The number of hydrogen-bond acceptors (Lipinski definition) is 5. The average Bonchev–Trinajstić information content (AvgIpc) is 3.53. The first-order valence-corrected chi connectivity index (χ1v) is 17.6. The topological polar surface area (TPSA) is 117 Å². The van der Waals surface area contributed by atoms with Crippen LogP contribution in [0.2, 0.25) is 0 Å². The summed E-state index contributed by atoms with van der Waals surface area (Å²) in [7, 11) is 0. The van der Waals surface area contributed by atoms with Gasteiger partial charge in [-0.05, 0) is 56.6 Å². The quantitative estimate of drug-likeness (QED) is 0.0986. The molecule has 0 heterocycles. The van der Waals surface area contributed by atoms with Gasteiger partial charge in [0.1, 0.15) is 18.2 Å². The summed E-state index contributed by atoms with van der Waals surface area (Å²) in [4.78, 5) is 41.8. The Morgan fingerprint density at radius 3 is 1.58 bits per heavy atom. The lowest BCUT2D eigenvalue weighted by molar-refractivity contribution is -0.126. The van der Waals surface area contributed by atoms with Crippen LogP contribution in [-0.2, 0) is 26.5 Å². The molecule has 0 bridgehead atoms. The normalized spacial score (nSPS) is 12.5. The third kappa shape index (κ3) is 7.45. The number of carbonyl (C=O) groups excluding carboxylic acids is 3. The SMILES string of the molecule is O=C(CC(NC(=O)OCC1c2ccccc2-c2ccccc21)C(=O)Nc1ccc(CO)cc1)NC(c1ccccc1)(c1ccccc1)c1ccccc1. The number of rotatable bonds is 12. The van der Waals surface area contributed by atoms with Gasteiger partial charge in [0.25, 0.3) is 0 Å². The Bertz CT molecular complexity index is 2050. The molecule has 0 spiro atoms. The Balaban J connectivity index is 1.16. The van der Waals surface area contributed by atoms with E-state index in [1.165, 1.54) is 0 Å². The van der Waals surface area contributed by atoms with E-state index in [0.29, 0.717) is 11.3 Å². The lowest BCUT2D eigenvalue weighted by atomic mass is 9.77. The maximum atomic E-state index is 14.3. The van der Waals surface area contributed by atoms with E-state index in [1.54, 1.807) is 24.3 Å². The van der Waals surface area contributed by atoms with E-state index in [1.807, 2.05) is 127 Å². The number of nitrogens with one attached hydrogen (secondary N) is 3. The molecule has 1 aliphatic rings. The lowest BCUT2D eigenvalue weighted by Gasteiger charge is -2.37. The summed E-state index contributed by atoms with van der Waals surface area (Å²) in [5.41, 5.74) is 6.76. The van der Waals surface area contributed by atoms with E-state index in [9.17, 15) is 19.5 Å². The van der Waals surface area contributed by atoms with Crippen LogP contribution in [-0.4, -0.2) is 35.7 Å². The molecule has 264 valence electrons. The van der Waals surface area contributed by atoms with E-state index in [0.717, 1.165) is 38.9 Å². The first kappa shape index (κ1) is 34.9. The van der Waals surface area contributed by atoms with E-state index in [-0.39, 0.29) is 25.6 Å². The van der Waals surface area contributed by atoms with Crippen molar-refractivity contribution in [3.05, 3.63) is 197 Å². The molecular weight excluding hydrogens is 663 g/mol. The zero-order chi connectivity index (χ0) is 36.6. The number of alkyl carbamates (subject to hydrolysis) is 1. The molecule has 8 heteroatoms. The van der Waals surface area contributed by atoms with Gasteiger partial charge < -0.3 is 25.8 Å². The zero-order valence-corrected chi connectivity index (χ0v) is 28.9. The maximum absolute atomic E-state index is 14.3. The number of amides is 3. The second-order valence-corrected chi connectivity index (χ2v) is 13.0. The number of carbonyl (C=O) groups is 3. The minimum Gasteiger partial charge on any atom is -0.449 e. The van der Waals surface area contributed by atoms with Crippen LogP contribution in [0, 0.1) is 0 Å². The molecule has 0 aromatic heterocycles. The van der Waals surface area contributed by atoms with Crippen LogP contribution in [0.5, 0.6) is 0 Å². The predicted octanol–water partition coefficient (Wildman–Crippen LogP) is 7.52. The second kappa shape index (κ2) is 15.8. The van der Waals surface area contributed by atoms with Gasteiger partial charge >= 0.3 is 6.09 Å². The Kier molecular flexibility index (Phi) is 10.4. The predicted molar refractivity (Wildman–Crippen MR) is 205 cm³/mol. The molecule has 7 rings (SSSR count). The zero-order valence-electron chi connectivity index (χ0n) is 28.9. The third-order valence-corrected chi connectivity index (χ3v) is 9.69. The molecule has 53 heavy (non-hydrogen) atoms. The first-order chi connectivity index (χ1) is 26.0. The highest BCUT2D eigenvalue weighted by molar-refractivity contribution is 5.99. The van der Waals surface area contributed by atoms with Crippen LogP contribution >= 0.6 is 0 Å². The molecule has 8 nitrogen and oxygen atoms in total. The smallest absolute Gasteiger partial charge is 0.407 e. The van der Waals surface area contributed by atoms with Gasteiger partial charge in [0.2, 0.25) is 11.8 Å². The maximum Gasteiger partial charge on any atom is 0.407 e. The summed E-state index contributed by atoms with van der Waals surface area (Å²) in [5, 5.41) is 18.3. The van der Waals surface area contributed by atoms with Gasteiger partial charge in [-0.15, -0.1) is 0 Å². The van der Waals surface area contributed by atoms with E-state index in [4.69, 9.17) is 4.74 Å². The lowest BCUT2D eigenvalue weighted by Crippen LogP contribution is -2.52. The highest BCUT2D eigenvalue weighted by atomic mass is 16.5. The van der Waals surface area contributed by atoms with Gasteiger partial charge in [-0.2, -0.15) is 0 Å². The molecule has 3 amide bonds. The highest BCUT2D eigenvalue weighted by Crippen LogP contribution is 2.44. The molecule has 0 saturated carbocycles. The highest BCUT2D eigenvalue weighted by Gasteiger charge is 2.39. The van der Waals surface area contributed by atoms with Crippen molar-refractivity contribution in [1.82, 2.24) is 10.6 Å². The van der Waals surface area contributed by atoms with Crippen molar-refractivity contribution in [3.63, 3.8) is 0 Å². The summed E-state index contributed by atoms with van der Waals surface area (Å²) in [5.74, 6) is -1.26. The summed E-state index contributed by atoms with van der Waals surface area (Å²) in [6, 6.07) is 50.4. The molecule has 6 aromatic carbocycles. The Hall–Kier alpha value is -6.51. The van der Waals surface area contributed by atoms with Crippen molar-refractivity contribution in [3.8, 4) is 11.1 Å². The number of anilines is 1. The second-order valence-electron chi connectivity index (χ2n) is 13.0. The molecule has 1 unspecified atom stereocenters. The van der Waals surface area contributed by atoms with Gasteiger partial charge in [-0.25, -0.2) is 4.79 Å². The fourth-order valence-corrected chi connectivity index (χ4v) is 7.14. The standard InChI is InChI=1S/C45H39N3O5/c49-29-31-24-26-35(27-25-31)46-43(51)41(47-44(52)53-30-40-38-22-12-10-20-36(38)37-21-11-13-23-39(37)40)28-42(50)48-45(32-14-4-1-5-15-32,33-16-6-2-7-17-33)34-18-8-3-9-19-34/h1-27,40-41,49H,28-30H2,(H,46,51)(H,47,52)(H,48,50). The van der Waals surface area contributed by atoms with Gasteiger partial charge in [0.15, 0.2) is 0 Å². The Morgan fingerprint density at radius 2 is 1.09 bits per heavy atom. The Morgan fingerprint density at radius 1 is 0.623 bits per heavy atom. The molecule has 6 aromatic rings. The summed E-state index contributed by atoms with van der Waals surface area (Å²) < 4.78 is 5.80. The van der Waals surface area contributed by atoms with Crippen LogP contribution in [0.25, 0.3) is 11.1 Å². The van der Waals surface area contributed by atoms with Crippen LogP contribution in [0.3, 0.4) is 0 Å². The van der Waals surface area contributed by atoms with Crippen molar-refractivity contribution in [2.45, 2.75) is 30.5 Å². The molecule has 4 N–H and O–H groups in total. The van der Waals surface area contributed by atoms with Crippen LogP contribution in [0.1, 0.15) is 45.7 Å². The molecular formula is C45H39N3O5. The monoisotopic (exact) mass is 701 g/mol. The number of aliphatic hydroxyl groups excluding tert-OH is 1. The molecule has 0 aliphatic heterocycles. The molecule has 1 aliphatic carbocycles. The van der Waals surface area contributed by atoms with E-state index < -0.39 is 29.5 Å². The van der Waals surface area contributed by atoms with Crippen molar-refractivity contribution >= 4 is 23.6 Å². The van der Waals surface area contributed by atoms with Gasteiger partial charge in [-0.1, -0.05) is 152 Å². The minimum absolute atomic E-state index is 0.0438. The largest absolute Gasteiger partial charge is 0.449 e. The first-order valence-electron chi connectivity index (χ1n) is 17.6. The number of aliphatic hydroxyl groups is 1. The van der Waals surface area contributed by atoms with Gasteiger partial charge in [-0.3, -0.25) is 9.59 Å². The number of ether oxygens (including phenoxy) is 1. The minimum atomic E-state index is -1.30. The third-order valence-electron chi connectivity index (χ3n) is 9.69. The summed E-state index contributed by atoms with van der Waals surface area (Å²) >= 11 is 0. The van der Waals surface area contributed by atoms with Crippen LogP contribution in [0.4, 0.5) is 10.5 Å². The molecule has 0 saturated heterocycles. The van der Waals surface area contributed by atoms with Crippen LogP contribution in [0.15, 0.2) is 164 Å². The van der Waals surface area contributed by atoms with E-state index >= 15 is 0 Å². The summed E-state index contributed by atoms with van der Waals surface area (Å²) in [6.45, 7) is -0.103. The fourth-order valence-electron chi connectivity index (χ4n) is 7.14. The van der Waals surface area contributed by atoms with Crippen molar-refractivity contribution in [2.75, 3.05) is 11.9 Å². The summed E-state index contributed by atoms with van der Waals surface area (Å²) in [6.07, 6.45) is -1.21. The van der Waals surface area contributed by atoms with Crippen LogP contribution < -0.4 is 16.0 Å². The van der Waals surface area contributed by atoms with Crippen molar-refractivity contribution < 1.29 is 24.2 Å². The number of hydrogen-bond donors (Lipinski definition) is 4. The average molecular weight is 702 g/mol. The number of benzene rings is 6. The van der Waals surface area contributed by atoms with E-state index in [2.05, 4.69) is 28.1 Å². The molecule has 0 fully saturated rings. The number of fused-ring (bicyclic) bond motifs is 3.